The molecule has 1 unspecified atom stereocenters. The third-order valence-electron chi connectivity index (χ3n) is 5.77. The van der Waals surface area contributed by atoms with Gasteiger partial charge in [0.2, 0.25) is 0 Å². The Morgan fingerprint density at radius 3 is 2.31 bits per heavy atom. The lowest BCUT2D eigenvalue weighted by atomic mass is 9.81. The third kappa shape index (κ3) is 4.18. The zero-order chi connectivity index (χ0) is 25.8. The highest BCUT2D eigenvalue weighted by Crippen LogP contribution is 2.43. The van der Waals surface area contributed by atoms with Crippen LogP contribution in [-0.2, 0) is 25.5 Å². The molecule has 1 aliphatic heterocycles. The van der Waals surface area contributed by atoms with Crippen molar-refractivity contribution in [2.75, 3.05) is 19.1 Å². The van der Waals surface area contributed by atoms with Gasteiger partial charge in [0.1, 0.15) is 11.5 Å². The highest BCUT2D eigenvalue weighted by Gasteiger charge is 2.42. The molecule has 0 fully saturated rings. The Morgan fingerprint density at radius 1 is 1.08 bits per heavy atom. The molecular formula is C26H23N5O5. The number of rotatable bonds is 6. The highest BCUT2D eigenvalue weighted by atomic mass is 16.5. The first-order valence-corrected chi connectivity index (χ1v) is 11.0. The van der Waals surface area contributed by atoms with E-state index in [0.29, 0.717) is 35.0 Å². The van der Waals surface area contributed by atoms with Crippen molar-refractivity contribution in [3.63, 3.8) is 0 Å². The second-order valence-corrected chi connectivity index (χ2v) is 7.75. The molecule has 1 aliphatic rings. The first-order chi connectivity index (χ1) is 17.4. The van der Waals surface area contributed by atoms with Gasteiger partial charge in [0, 0.05) is 17.7 Å². The van der Waals surface area contributed by atoms with Gasteiger partial charge in [0.05, 0.1) is 37.4 Å². The van der Waals surface area contributed by atoms with Gasteiger partial charge in [-0.2, -0.15) is 10.2 Å². The number of methoxy groups -OCH3 is 2. The summed E-state index contributed by atoms with van der Waals surface area (Å²) in [5, 5.41) is 14.0. The van der Waals surface area contributed by atoms with E-state index in [1.165, 1.54) is 19.1 Å². The molecule has 2 N–H and O–H groups in total. The van der Waals surface area contributed by atoms with E-state index in [2.05, 4.69) is 16.2 Å². The Morgan fingerprint density at radius 2 is 1.75 bits per heavy atom. The van der Waals surface area contributed by atoms with E-state index in [4.69, 9.17) is 19.7 Å². The van der Waals surface area contributed by atoms with E-state index in [1.807, 2.05) is 6.92 Å². The number of hydrogen-bond donors (Lipinski definition) is 1. The summed E-state index contributed by atoms with van der Waals surface area (Å²) in [6, 6.07) is 17.7. The largest absolute Gasteiger partial charge is 0.466 e. The van der Waals surface area contributed by atoms with Gasteiger partial charge in [-0.05, 0) is 29.8 Å². The van der Waals surface area contributed by atoms with E-state index in [1.54, 1.807) is 54.6 Å². The summed E-state index contributed by atoms with van der Waals surface area (Å²) in [5.41, 5.74) is 8.03. The second-order valence-electron chi connectivity index (χ2n) is 7.75. The summed E-state index contributed by atoms with van der Waals surface area (Å²) in [4.78, 5) is 31.8. The molecule has 0 saturated heterocycles. The van der Waals surface area contributed by atoms with Crippen molar-refractivity contribution in [1.82, 2.24) is 10.1 Å². The number of anilines is 1. The number of aromatic nitrogens is 2. The summed E-state index contributed by atoms with van der Waals surface area (Å²) >= 11 is 0. The predicted molar refractivity (Wildman–Crippen MR) is 129 cm³/mol. The van der Waals surface area contributed by atoms with Crippen LogP contribution < -0.4 is 10.6 Å². The molecule has 1 atom stereocenters. The van der Waals surface area contributed by atoms with Crippen LogP contribution in [0.5, 0.6) is 0 Å². The molecule has 0 spiro atoms. The lowest BCUT2D eigenvalue weighted by Crippen LogP contribution is -2.40. The third-order valence-corrected chi connectivity index (χ3v) is 5.77. The minimum Gasteiger partial charge on any atom is -0.466 e. The standard InChI is InChI=1S/C26H23N5O5/c1-4-19-29-24(36-30-19)16-10-12-17(13-11-16)31-22(26(33)35-3)21(25(32)34-2)20(18(14-27)23(31)28)15-8-6-5-7-9-15/h5-13,20H,4,28H2,1-3H3. The molecule has 2 aromatic carbocycles. The zero-order valence-corrected chi connectivity index (χ0v) is 19.9. The number of carbonyl (C=O) groups is 2. The summed E-state index contributed by atoms with van der Waals surface area (Å²) in [6.07, 6.45) is 0.625. The molecule has 1 aromatic heterocycles. The number of carbonyl (C=O) groups excluding carboxylic acids is 2. The monoisotopic (exact) mass is 485 g/mol. The van der Waals surface area contributed by atoms with Gasteiger partial charge in [-0.25, -0.2) is 9.59 Å². The molecule has 3 aromatic rings. The van der Waals surface area contributed by atoms with Crippen molar-refractivity contribution < 1.29 is 23.6 Å². The van der Waals surface area contributed by atoms with E-state index in [9.17, 15) is 14.9 Å². The van der Waals surface area contributed by atoms with Gasteiger partial charge >= 0.3 is 11.9 Å². The SMILES string of the molecule is CCc1noc(-c2ccc(N3C(N)=C(C#N)C(c4ccccc4)C(C(=O)OC)=C3C(=O)OC)cc2)n1. The summed E-state index contributed by atoms with van der Waals surface area (Å²) in [7, 11) is 2.40. The van der Waals surface area contributed by atoms with Crippen LogP contribution in [0.2, 0.25) is 0 Å². The number of esters is 2. The van der Waals surface area contributed by atoms with Gasteiger partial charge in [0.25, 0.3) is 5.89 Å². The van der Waals surface area contributed by atoms with Crippen LogP contribution in [0.3, 0.4) is 0 Å². The van der Waals surface area contributed by atoms with Crippen LogP contribution in [0.1, 0.15) is 24.2 Å². The van der Waals surface area contributed by atoms with E-state index < -0.39 is 17.9 Å². The van der Waals surface area contributed by atoms with Gasteiger partial charge in [-0.1, -0.05) is 42.4 Å². The van der Waals surface area contributed by atoms with Crippen LogP contribution in [-0.4, -0.2) is 36.3 Å². The minimum absolute atomic E-state index is 0.0155. The molecule has 0 bridgehead atoms. The van der Waals surface area contributed by atoms with Crippen LogP contribution in [0.4, 0.5) is 5.69 Å². The van der Waals surface area contributed by atoms with Crippen molar-refractivity contribution in [3.8, 4) is 17.5 Å². The number of nitrogens with two attached hydrogens (primary N) is 1. The predicted octanol–water partition coefficient (Wildman–Crippen LogP) is 3.20. The molecule has 36 heavy (non-hydrogen) atoms. The first kappa shape index (κ1) is 24.2. The zero-order valence-electron chi connectivity index (χ0n) is 19.9. The fraction of sp³-hybridized carbons (Fsp3) is 0.192. The normalized spacial score (nSPS) is 15.5. The molecule has 182 valence electrons. The molecule has 10 heteroatoms. The van der Waals surface area contributed by atoms with Gasteiger partial charge in [-0.3, -0.25) is 4.90 Å². The van der Waals surface area contributed by atoms with Crippen LogP contribution in [0.15, 0.2) is 81.8 Å². The van der Waals surface area contributed by atoms with Crippen molar-refractivity contribution in [2.45, 2.75) is 19.3 Å². The fourth-order valence-electron chi connectivity index (χ4n) is 4.05. The maximum atomic E-state index is 13.1. The number of hydrogen-bond acceptors (Lipinski definition) is 10. The summed E-state index contributed by atoms with van der Waals surface area (Å²) in [6.45, 7) is 1.91. The van der Waals surface area contributed by atoms with Gasteiger partial charge in [-0.15, -0.1) is 0 Å². The lowest BCUT2D eigenvalue weighted by molar-refractivity contribution is -0.139. The number of ether oxygens (including phenoxy) is 2. The molecular weight excluding hydrogens is 462 g/mol. The van der Waals surface area contributed by atoms with E-state index in [-0.39, 0.29) is 22.7 Å². The van der Waals surface area contributed by atoms with Crippen molar-refractivity contribution in [3.05, 3.63) is 88.6 Å². The van der Waals surface area contributed by atoms with E-state index in [0.717, 1.165) is 0 Å². The van der Waals surface area contributed by atoms with Crippen LogP contribution >= 0.6 is 0 Å². The average molecular weight is 486 g/mol. The molecule has 2 heterocycles. The Bertz CT molecular complexity index is 1400. The van der Waals surface area contributed by atoms with Crippen LogP contribution in [0, 0.1) is 11.3 Å². The lowest BCUT2D eigenvalue weighted by Gasteiger charge is -2.35. The van der Waals surface area contributed by atoms with E-state index >= 15 is 0 Å². The number of nitriles is 1. The minimum atomic E-state index is -0.931. The summed E-state index contributed by atoms with van der Waals surface area (Å²) < 4.78 is 15.4. The van der Waals surface area contributed by atoms with Crippen molar-refractivity contribution in [1.29, 1.82) is 5.26 Å². The van der Waals surface area contributed by atoms with Crippen molar-refractivity contribution >= 4 is 17.6 Å². The molecule has 0 radical (unpaired) electrons. The smallest absolute Gasteiger partial charge is 0.355 e. The maximum Gasteiger partial charge on any atom is 0.355 e. The number of nitrogens with zero attached hydrogens (tertiary/aromatic N) is 4. The maximum absolute atomic E-state index is 13.1. The molecule has 4 rings (SSSR count). The molecule has 0 saturated carbocycles. The quantitative estimate of drug-likeness (QED) is 0.517. The van der Waals surface area contributed by atoms with Gasteiger partial charge < -0.3 is 19.7 Å². The Labute approximate surface area is 207 Å². The number of allylic oxidation sites excluding steroid dienone is 1. The fourth-order valence-corrected chi connectivity index (χ4v) is 4.05. The molecule has 0 aliphatic carbocycles. The topological polar surface area (TPSA) is 145 Å². The number of benzene rings is 2. The highest BCUT2D eigenvalue weighted by molar-refractivity contribution is 6.06. The summed E-state index contributed by atoms with van der Waals surface area (Å²) in [5.74, 6) is -1.64. The van der Waals surface area contributed by atoms with Crippen molar-refractivity contribution in [2.24, 2.45) is 5.73 Å². The Hall–Kier alpha value is -4.91. The molecule has 0 amide bonds. The molecule has 10 nitrogen and oxygen atoms in total. The Balaban J connectivity index is 1.92. The average Bonchev–Trinajstić information content (AvgIpc) is 3.41. The van der Waals surface area contributed by atoms with Crippen LogP contribution in [0.25, 0.3) is 11.5 Å². The van der Waals surface area contributed by atoms with Gasteiger partial charge in [0.15, 0.2) is 5.82 Å². The first-order valence-electron chi connectivity index (χ1n) is 11.0. The Kier molecular flexibility index (Phi) is 6.83. The second kappa shape index (κ2) is 10.1. The number of aryl methyl sites for hydroxylation is 1.